The smallest absolute Gasteiger partial charge is 0.242 e. The van der Waals surface area contributed by atoms with Crippen LogP contribution in [0.3, 0.4) is 0 Å². The highest BCUT2D eigenvalue weighted by Gasteiger charge is 2.22. The minimum Gasteiger partial charge on any atom is -0.332 e. The summed E-state index contributed by atoms with van der Waals surface area (Å²) in [5.74, 6) is -0.113. The van der Waals surface area contributed by atoms with E-state index in [1.165, 1.54) is 17.3 Å². The van der Waals surface area contributed by atoms with Crippen molar-refractivity contribution in [2.45, 2.75) is 17.1 Å². The third-order valence-corrected chi connectivity index (χ3v) is 6.81. The second-order valence-corrected chi connectivity index (χ2v) is 9.90. The molecule has 0 aromatic heterocycles. The normalized spacial score (nSPS) is 11.4. The molecule has 0 bridgehead atoms. The van der Waals surface area contributed by atoms with Gasteiger partial charge in [0.25, 0.3) is 0 Å². The van der Waals surface area contributed by atoms with Gasteiger partial charge >= 0.3 is 0 Å². The van der Waals surface area contributed by atoms with Crippen molar-refractivity contribution in [2.24, 2.45) is 0 Å². The van der Waals surface area contributed by atoms with E-state index in [9.17, 15) is 4.79 Å². The molecular weight excluding hydrogens is 494 g/mol. The predicted molar refractivity (Wildman–Crippen MR) is 153 cm³/mol. The Labute approximate surface area is 220 Å². The van der Waals surface area contributed by atoms with Gasteiger partial charge in [-0.15, -0.1) is 11.8 Å². The van der Waals surface area contributed by atoms with Crippen molar-refractivity contribution in [2.75, 3.05) is 16.0 Å². The topological polar surface area (TPSA) is 53.2 Å². The van der Waals surface area contributed by atoms with Crippen LogP contribution in [0.15, 0.2) is 108 Å². The standard InChI is InChI=1S/C28H24ClN3OS2/c1-19-10-14-23(15-11-19)31-28(34)32-24-8-5-9-25(18-24)35-26(20-6-3-2-4-7-20)27(33)30-22-16-12-21(29)13-17-22/h2-18,26H,1H3,(H,30,33)(H2,31,32,34). The third-order valence-electron chi connectivity index (χ3n) is 5.11. The average molecular weight is 518 g/mol. The van der Waals surface area contributed by atoms with Gasteiger partial charge in [-0.25, -0.2) is 0 Å². The van der Waals surface area contributed by atoms with Gasteiger partial charge in [0.05, 0.1) is 0 Å². The van der Waals surface area contributed by atoms with Crippen molar-refractivity contribution < 1.29 is 4.79 Å². The van der Waals surface area contributed by atoms with Crippen molar-refractivity contribution in [3.05, 3.63) is 119 Å². The Morgan fingerprint density at radius 3 is 2.11 bits per heavy atom. The van der Waals surface area contributed by atoms with Crippen LogP contribution >= 0.6 is 35.6 Å². The van der Waals surface area contributed by atoms with E-state index in [1.807, 2.05) is 85.8 Å². The Hall–Kier alpha value is -3.32. The average Bonchev–Trinajstić information content (AvgIpc) is 2.86. The van der Waals surface area contributed by atoms with Crippen LogP contribution in [0.25, 0.3) is 0 Å². The molecule has 1 amide bonds. The van der Waals surface area contributed by atoms with Crippen LogP contribution in [0.1, 0.15) is 16.4 Å². The lowest BCUT2D eigenvalue weighted by molar-refractivity contribution is -0.115. The summed E-state index contributed by atoms with van der Waals surface area (Å²) < 4.78 is 0. The number of halogens is 1. The highest BCUT2D eigenvalue weighted by Crippen LogP contribution is 2.37. The van der Waals surface area contributed by atoms with Gasteiger partial charge in [0.2, 0.25) is 5.91 Å². The quantitative estimate of drug-likeness (QED) is 0.172. The molecule has 0 aliphatic rings. The summed E-state index contributed by atoms with van der Waals surface area (Å²) in [5.41, 5.74) is 4.56. The molecule has 176 valence electrons. The summed E-state index contributed by atoms with van der Waals surface area (Å²) in [4.78, 5) is 14.2. The molecule has 0 aliphatic heterocycles. The Morgan fingerprint density at radius 1 is 0.771 bits per heavy atom. The zero-order valence-electron chi connectivity index (χ0n) is 19.0. The van der Waals surface area contributed by atoms with Crippen molar-refractivity contribution in [1.82, 2.24) is 0 Å². The zero-order chi connectivity index (χ0) is 24.6. The number of carbonyl (C=O) groups excluding carboxylic acids is 1. The van der Waals surface area contributed by atoms with Crippen molar-refractivity contribution >= 4 is 63.7 Å². The van der Waals surface area contributed by atoms with E-state index in [-0.39, 0.29) is 5.91 Å². The molecule has 0 spiro atoms. The fraction of sp³-hybridized carbons (Fsp3) is 0.0714. The molecule has 0 saturated heterocycles. The van der Waals surface area contributed by atoms with Crippen LogP contribution in [0, 0.1) is 6.92 Å². The molecule has 4 aromatic rings. The van der Waals surface area contributed by atoms with Crippen molar-refractivity contribution in [3.8, 4) is 0 Å². The van der Waals surface area contributed by atoms with E-state index in [4.69, 9.17) is 23.8 Å². The Morgan fingerprint density at radius 2 is 1.40 bits per heavy atom. The SMILES string of the molecule is Cc1ccc(NC(=S)Nc2cccc(SC(C(=O)Nc3ccc(Cl)cc3)c3ccccc3)c2)cc1. The predicted octanol–water partition coefficient (Wildman–Crippen LogP) is 7.93. The van der Waals surface area contributed by atoms with E-state index in [2.05, 4.69) is 16.0 Å². The molecular formula is C28H24ClN3OS2. The first-order valence-electron chi connectivity index (χ1n) is 11.0. The van der Waals surface area contributed by atoms with Crippen molar-refractivity contribution in [3.63, 3.8) is 0 Å². The molecule has 1 unspecified atom stereocenters. The van der Waals surface area contributed by atoms with Gasteiger partial charge in [-0.1, -0.05) is 65.7 Å². The summed E-state index contributed by atoms with van der Waals surface area (Å²) in [5, 5.41) is 10.1. The highest BCUT2D eigenvalue weighted by molar-refractivity contribution is 8.00. The fourth-order valence-corrected chi connectivity index (χ4v) is 4.80. The van der Waals surface area contributed by atoms with E-state index >= 15 is 0 Å². The molecule has 1 atom stereocenters. The first-order chi connectivity index (χ1) is 17.0. The Kier molecular flexibility index (Phi) is 8.42. The molecule has 35 heavy (non-hydrogen) atoms. The lowest BCUT2D eigenvalue weighted by Crippen LogP contribution is -2.19. The molecule has 7 heteroatoms. The zero-order valence-corrected chi connectivity index (χ0v) is 21.4. The summed E-state index contributed by atoms with van der Waals surface area (Å²) in [6.45, 7) is 2.04. The summed E-state index contributed by atoms with van der Waals surface area (Å²) in [6.07, 6.45) is 0. The molecule has 0 radical (unpaired) electrons. The van der Waals surface area contributed by atoms with Crippen LogP contribution in [0.5, 0.6) is 0 Å². The largest absolute Gasteiger partial charge is 0.332 e. The van der Waals surface area contributed by atoms with Gasteiger partial charge in [0.1, 0.15) is 5.25 Å². The molecule has 4 aromatic carbocycles. The maximum Gasteiger partial charge on any atom is 0.242 e. The van der Waals surface area contributed by atoms with E-state index in [0.29, 0.717) is 15.8 Å². The van der Waals surface area contributed by atoms with Gasteiger partial charge in [0.15, 0.2) is 5.11 Å². The molecule has 4 rings (SSSR count). The number of hydrogen-bond acceptors (Lipinski definition) is 3. The number of hydrogen-bond donors (Lipinski definition) is 3. The first-order valence-corrected chi connectivity index (χ1v) is 12.7. The number of thioether (sulfide) groups is 1. The van der Waals surface area contributed by atoms with Gasteiger partial charge in [0, 0.05) is 27.0 Å². The Balaban J connectivity index is 1.48. The van der Waals surface area contributed by atoms with Crippen molar-refractivity contribution in [1.29, 1.82) is 0 Å². The molecule has 0 saturated carbocycles. The Bertz CT molecular complexity index is 1300. The molecule has 0 heterocycles. The monoisotopic (exact) mass is 517 g/mol. The van der Waals surface area contributed by atoms with Gasteiger partial charge in [-0.05, 0) is 79.3 Å². The highest BCUT2D eigenvalue weighted by atomic mass is 35.5. The second-order valence-electron chi connectivity index (χ2n) is 7.88. The first kappa shape index (κ1) is 24.8. The summed E-state index contributed by atoms with van der Waals surface area (Å²) >= 11 is 12.9. The van der Waals surface area contributed by atoms with Crippen LogP contribution in [0.4, 0.5) is 17.1 Å². The fourth-order valence-electron chi connectivity index (χ4n) is 3.36. The number of thiocarbonyl (C=S) groups is 1. The minimum atomic E-state index is -0.445. The lowest BCUT2D eigenvalue weighted by Gasteiger charge is -2.18. The molecule has 3 N–H and O–H groups in total. The number of benzene rings is 4. The number of amides is 1. The number of rotatable bonds is 7. The minimum absolute atomic E-state index is 0.113. The number of nitrogens with one attached hydrogen (secondary N) is 3. The summed E-state index contributed by atoms with van der Waals surface area (Å²) in [6, 6.07) is 32.7. The summed E-state index contributed by atoms with van der Waals surface area (Å²) in [7, 11) is 0. The van der Waals surface area contributed by atoms with E-state index < -0.39 is 5.25 Å². The van der Waals surface area contributed by atoms with Crippen LogP contribution in [-0.2, 0) is 4.79 Å². The molecule has 0 aliphatic carbocycles. The molecule has 0 fully saturated rings. The van der Waals surface area contributed by atoms with Crippen LogP contribution in [0.2, 0.25) is 5.02 Å². The van der Waals surface area contributed by atoms with Crippen LogP contribution in [-0.4, -0.2) is 11.0 Å². The third kappa shape index (κ3) is 7.33. The van der Waals surface area contributed by atoms with Gasteiger partial charge < -0.3 is 16.0 Å². The maximum atomic E-state index is 13.3. The number of aryl methyl sites for hydroxylation is 1. The van der Waals surface area contributed by atoms with Gasteiger partial charge in [-0.2, -0.15) is 0 Å². The van der Waals surface area contributed by atoms with Crippen LogP contribution < -0.4 is 16.0 Å². The van der Waals surface area contributed by atoms with E-state index in [0.717, 1.165) is 21.8 Å². The number of anilines is 3. The maximum absolute atomic E-state index is 13.3. The van der Waals surface area contributed by atoms with Gasteiger partial charge in [-0.3, -0.25) is 4.79 Å². The lowest BCUT2D eigenvalue weighted by atomic mass is 10.1. The molecule has 4 nitrogen and oxygen atoms in total. The number of carbonyl (C=O) groups is 1. The second kappa shape index (κ2) is 11.9. The van der Waals surface area contributed by atoms with E-state index in [1.54, 1.807) is 24.3 Å².